The fraction of sp³-hybridized carbons (Fsp3) is 1.00. The Morgan fingerprint density at radius 3 is 2.08 bits per heavy atom. The molecule has 0 amide bonds. The van der Waals surface area contributed by atoms with E-state index in [-0.39, 0.29) is 0 Å². The Morgan fingerprint density at radius 2 is 1.54 bits per heavy atom. The number of unbranched alkanes of at least 4 members (excludes halogenated alkanes) is 1. The van der Waals surface area contributed by atoms with Gasteiger partial charge in [0.05, 0.1) is 0 Å². The van der Waals surface area contributed by atoms with Crippen LogP contribution in [0.4, 0.5) is 0 Å². The van der Waals surface area contributed by atoms with Crippen LogP contribution < -0.4 is 11.5 Å². The minimum absolute atomic E-state index is 0.372. The van der Waals surface area contributed by atoms with E-state index >= 15 is 0 Å². The fourth-order valence-electron chi connectivity index (χ4n) is 1.57. The molecule has 2 heteroatoms. The molecule has 0 aromatic carbocycles. The second-order valence-electron chi connectivity index (χ2n) is 4.30. The fourth-order valence-corrected chi connectivity index (χ4v) is 1.57. The van der Waals surface area contributed by atoms with Crippen molar-refractivity contribution in [3.05, 3.63) is 0 Å². The molecule has 0 aromatic heterocycles. The predicted molar refractivity (Wildman–Crippen MR) is 59.6 cm³/mol. The maximum atomic E-state index is 5.68. The summed E-state index contributed by atoms with van der Waals surface area (Å²) in [5.74, 6) is 0.852. The minimum atomic E-state index is 0.372. The van der Waals surface area contributed by atoms with Gasteiger partial charge in [-0.05, 0) is 32.2 Å². The molecule has 0 heterocycles. The summed E-state index contributed by atoms with van der Waals surface area (Å²) < 4.78 is 0. The van der Waals surface area contributed by atoms with Crippen LogP contribution in [0.15, 0.2) is 0 Å². The molecule has 0 fully saturated rings. The molecule has 0 aromatic rings. The van der Waals surface area contributed by atoms with E-state index in [0.717, 1.165) is 12.5 Å². The van der Waals surface area contributed by atoms with E-state index in [1.165, 1.54) is 38.5 Å². The van der Waals surface area contributed by atoms with Crippen LogP contribution >= 0.6 is 0 Å². The van der Waals surface area contributed by atoms with Crippen molar-refractivity contribution in [1.82, 2.24) is 0 Å². The molecule has 13 heavy (non-hydrogen) atoms. The van der Waals surface area contributed by atoms with Gasteiger partial charge in [-0.3, -0.25) is 0 Å². The highest BCUT2D eigenvalue weighted by Gasteiger charge is 2.02. The molecule has 4 N–H and O–H groups in total. The zero-order valence-electron chi connectivity index (χ0n) is 9.26. The summed E-state index contributed by atoms with van der Waals surface area (Å²) in [4.78, 5) is 0. The van der Waals surface area contributed by atoms with E-state index in [1.54, 1.807) is 0 Å². The summed E-state index contributed by atoms with van der Waals surface area (Å²) in [5.41, 5.74) is 11.1. The highest BCUT2D eigenvalue weighted by atomic mass is 14.6. The van der Waals surface area contributed by atoms with E-state index in [0.29, 0.717) is 6.04 Å². The van der Waals surface area contributed by atoms with Gasteiger partial charge in [0.1, 0.15) is 0 Å². The third-order valence-electron chi connectivity index (χ3n) is 2.51. The lowest BCUT2D eigenvalue weighted by Gasteiger charge is -2.11. The topological polar surface area (TPSA) is 52.0 Å². The smallest absolute Gasteiger partial charge is 0.00104 e. The van der Waals surface area contributed by atoms with Crippen molar-refractivity contribution < 1.29 is 0 Å². The quantitative estimate of drug-likeness (QED) is 0.571. The maximum Gasteiger partial charge on any atom is 0.00104 e. The van der Waals surface area contributed by atoms with E-state index in [1.807, 2.05) is 0 Å². The summed E-state index contributed by atoms with van der Waals surface area (Å²) in [5, 5.41) is 0. The molecule has 0 aliphatic carbocycles. The molecule has 2 unspecified atom stereocenters. The normalized spacial score (nSPS) is 15.7. The van der Waals surface area contributed by atoms with Crippen LogP contribution in [0.5, 0.6) is 0 Å². The largest absolute Gasteiger partial charge is 0.330 e. The first-order valence-electron chi connectivity index (χ1n) is 5.62. The van der Waals surface area contributed by atoms with Crippen molar-refractivity contribution in [1.29, 1.82) is 0 Å². The molecule has 0 saturated heterocycles. The first-order valence-corrected chi connectivity index (χ1v) is 5.62. The average molecular weight is 186 g/mol. The third-order valence-corrected chi connectivity index (χ3v) is 2.51. The maximum absolute atomic E-state index is 5.68. The van der Waals surface area contributed by atoms with Crippen LogP contribution in [0, 0.1) is 5.92 Å². The van der Waals surface area contributed by atoms with Crippen molar-refractivity contribution >= 4 is 0 Å². The highest BCUT2D eigenvalue weighted by molar-refractivity contribution is 4.58. The molecule has 0 aliphatic heterocycles. The Balaban J connectivity index is 3.15. The molecule has 2 atom stereocenters. The van der Waals surface area contributed by atoms with E-state index in [4.69, 9.17) is 11.5 Å². The molecular formula is C11H26N2. The minimum Gasteiger partial charge on any atom is -0.330 e. The van der Waals surface area contributed by atoms with Gasteiger partial charge >= 0.3 is 0 Å². The summed E-state index contributed by atoms with van der Waals surface area (Å²) in [7, 11) is 0. The van der Waals surface area contributed by atoms with Crippen LogP contribution in [0.2, 0.25) is 0 Å². The Labute approximate surface area is 83.1 Å². The van der Waals surface area contributed by atoms with Crippen LogP contribution in [-0.4, -0.2) is 12.6 Å². The first-order chi connectivity index (χ1) is 6.16. The highest BCUT2D eigenvalue weighted by Crippen LogP contribution is 2.15. The molecule has 0 radical (unpaired) electrons. The summed E-state index contributed by atoms with van der Waals surface area (Å²) in [6.45, 7) is 5.25. The van der Waals surface area contributed by atoms with Gasteiger partial charge in [0.2, 0.25) is 0 Å². The van der Waals surface area contributed by atoms with Gasteiger partial charge < -0.3 is 11.5 Å². The molecule has 2 nitrogen and oxygen atoms in total. The SMILES string of the molecule is CC(N)CCCC(C)CCCCN. The Bertz CT molecular complexity index is 102. The molecule has 0 spiro atoms. The number of hydrogen-bond acceptors (Lipinski definition) is 2. The van der Waals surface area contributed by atoms with Crippen molar-refractivity contribution in [2.24, 2.45) is 17.4 Å². The first kappa shape index (κ1) is 12.9. The van der Waals surface area contributed by atoms with Gasteiger partial charge in [-0.25, -0.2) is 0 Å². The lowest BCUT2D eigenvalue weighted by Crippen LogP contribution is -2.14. The van der Waals surface area contributed by atoms with E-state index in [9.17, 15) is 0 Å². The van der Waals surface area contributed by atoms with Crippen LogP contribution in [0.25, 0.3) is 0 Å². The lowest BCUT2D eigenvalue weighted by molar-refractivity contribution is 0.437. The number of hydrogen-bond donors (Lipinski definition) is 2. The van der Waals surface area contributed by atoms with E-state index in [2.05, 4.69) is 13.8 Å². The van der Waals surface area contributed by atoms with Crippen molar-refractivity contribution in [3.8, 4) is 0 Å². The van der Waals surface area contributed by atoms with Gasteiger partial charge in [0.25, 0.3) is 0 Å². The Morgan fingerprint density at radius 1 is 0.923 bits per heavy atom. The zero-order chi connectivity index (χ0) is 10.1. The third kappa shape index (κ3) is 9.84. The Kier molecular flexibility index (Phi) is 8.46. The van der Waals surface area contributed by atoms with Crippen molar-refractivity contribution in [2.45, 2.75) is 58.4 Å². The molecule has 0 aliphatic rings. The zero-order valence-corrected chi connectivity index (χ0v) is 9.26. The molecule has 80 valence electrons. The van der Waals surface area contributed by atoms with Crippen molar-refractivity contribution in [2.75, 3.05) is 6.54 Å². The standard InChI is InChI=1S/C11H26N2/c1-10(6-3-4-9-12)7-5-8-11(2)13/h10-11H,3-9,12-13H2,1-2H3. The second-order valence-corrected chi connectivity index (χ2v) is 4.30. The van der Waals surface area contributed by atoms with Gasteiger partial charge in [-0.15, -0.1) is 0 Å². The number of rotatable bonds is 8. The lowest BCUT2D eigenvalue weighted by atomic mass is 9.97. The molecule has 0 rings (SSSR count). The van der Waals surface area contributed by atoms with Crippen LogP contribution in [0.1, 0.15) is 52.4 Å². The summed E-state index contributed by atoms with van der Waals surface area (Å²) in [6, 6.07) is 0.372. The van der Waals surface area contributed by atoms with E-state index < -0.39 is 0 Å². The predicted octanol–water partition coefficient (Wildman–Crippen LogP) is 2.27. The second kappa shape index (κ2) is 8.52. The Hall–Kier alpha value is -0.0800. The van der Waals surface area contributed by atoms with Gasteiger partial charge in [-0.2, -0.15) is 0 Å². The van der Waals surface area contributed by atoms with Crippen LogP contribution in [0.3, 0.4) is 0 Å². The van der Waals surface area contributed by atoms with Gasteiger partial charge in [0.15, 0.2) is 0 Å². The van der Waals surface area contributed by atoms with Gasteiger partial charge in [-0.1, -0.05) is 32.6 Å². The average Bonchev–Trinajstić information content (AvgIpc) is 2.04. The molecule has 0 saturated carbocycles. The van der Waals surface area contributed by atoms with Gasteiger partial charge in [0, 0.05) is 6.04 Å². The summed E-state index contributed by atoms with van der Waals surface area (Å²) in [6.07, 6.45) is 7.57. The molecular weight excluding hydrogens is 160 g/mol. The molecule has 0 bridgehead atoms. The number of nitrogens with two attached hydrogens (primary N) is 2. The van der Waals surface area contributed by atoms with Crippen molar-refractivity contribution in [3.63, 3.8) is 0 Å². The summed E-state index contributed by atoms with van der Waals surface area (Å²) >= 11 is 0. The monoisotopic (exact) mass is 186 g/mol. The van der Waals surface area contributed by atoms with Crippen LogP contribution in [-0.2, 0) is 0 Å².